The maximum Gasteiger partial charge on any atom is 0.125 e. The highest BCUT2D eigenvalue weighted by atomic mass is 79.9. The largest absolute Gasteiger partial charge is 0.463 e. The molecule has 104 valence electrons. The number of hydrogen-bond acceptors (Lipinski definition) is 3. The van der Waals surface area contributed by atoms with E-state index in [4.69, 9.17) is 4.42 Å². The van der Waals surface area contributed by atoms with Crippen molar-refractivity contribution in [1.29, 1.82) is 0 Å². The quantitative estimate of drug-likeness (QED) is 0.916. The van der Waals surface area contributed by atoms with Gasteiger partial charge in [0.25, 0.3) is 0 Å². The van der Waals surface area contributed by atoms with Crippen LogP contribution < -0.4 is 5.32 Å². The van der Waals surface area contributed by atoms with Crippen molar-refractivity contribution in [3.63, 3.8) is 0 Å². The molecule has 2 aromatic heterocycles. The van der Waals surface area contributed by atoms with E-state index in [1.165, 1.54) is 0 Å². The Kier molecular flexibility index (Phi) is 4.47. The Labute approximate surface area is 122 Å². The Morgan fingerprint density at radius 3 is 2.58 bits per heavy atom. The van der Waals surface area contributed by atoms with Crippen molar-refractivity contribution in [2.75, 3.05) is 0 Å². The van der Waals surface area contributed by atoms with E-state index < -0.39 is 0 Å². The first-order chi connectivity index (χ1) is 8.97. The number of nitrogens with one attached hydrogen (secondary N) is 1. The fourth-order valence-electron chi connectivity index (χ4n) is 1.88. The fraction of sp³-hybridized carbons (Fsp3) is 0.500. The third kappa shape index (κ3) is 3.48. The molecule has 0 unspecified atom stereocenters. The predicted molar refractivity (Wildman–Crippen MR) is 79.2 cm³/mol. The van der Waals surface area contributed by atoms with Gasteiger partial charge >= 0.3 is 0 Å². The molecular weight excluding hydrogens is 306 g/mol. The Bertz CT molecular complexity index is 557. The summed E-state index contributed by atoms with van der Waals surface area (Å²) in [5.41, 5.74) is 2.13. The predicted octanol–water partition coefficient (Wildman–Crippen LogP) is 3.40. The Hall–Kier alpha value is -1.07. The SMILES string of the molecule is Cc1nn(Cc2ccc(CNC(C)C)o2)c(C)c1Br. The van der Waals surface area contributed by atoms with Crippen LogP contribution in [0.5, 0.6) is 0 Å². The number of nitrogens with zero attached hydrogens (tertiary/aromatic N) is 2. The first kappa shape index (κ1) is 14.3. The molecule has 0 aliphatic heterocycles. The molecule has 0 fully saturated rings. The van der Waals surface area contributed by atoms with E-state index in [-0.39, 0.29) is 0 Å². The van der Waals surface area contributed by atoms with E-state index >= 15 is 0 Å². The van der Waals surface area contributed by atoms with Crippen LogP contribution in [0.15, 0.2) is 21.0 Å². The summed E-state index contributed by atoms with van der Waals surface area (Å²) in [6.45, 7) is 9.72. The smallest absolute Gasteiger partial charge is 0.125 e. The molecular formula is C14H20BrN3O. The lowest BCUT2D eigenvalue weighted by Gasteiger charge is -2.05. The van der Waals surface area contributed by atoms with Gasteiger partial charge in [-0.05, 0) is 41.9 Å². The minimum absolute atomic E-state index is 0.459. The van der Waals surface area contributed by atoms with Gasteiger partial charge in [0, 0.05) is 6.04 Å². The summed E-state index contributed by atoms with van der Waals surface area (Å²) in [7, 11) is 0. The standard InChI is InChI=1S/C14H20BrN3O/c1-9(2)16-7-12-5-6-13(19-12)8-18-11(4)14(15)10(3)17-18/h5-6,9,16H,7-8H2,1-4H3. The molecule has 0 aliphatic carbocycles. The molecule has 0 saturated heterocycles. The third-order valence-corrected chi connectivity index (χ3v) is 4.15. The highest BCUT2D eigenvalue weighted by molar-refractivity contribution is 9.10. The fourth-order valence-corrected chi connectivity index (χ4v) is 2.17. The molecule has 2 aromatic rings. The van der Waals surface area contributed by atoms with Crippen LogP contribution in [0.2, 0.25) is 0 Å². The second-order valence-electron chi connectivity index (χ2n) is 5.05. The van der Waals surface area contributed by atoms with E-state index in [2.05, 4.69) is 40.2 Å². The molecule has 19 heavy (non-hydrogen) atoms. The molecule has 0 atom stereocenters. The molecule has 2 heterocycles. The van der Waals surface area contributed by atoms with Crippen LogP contribution >= 0.6 is 15.9 Å². The minimum atomic E-state index is 0.459. The molecule has 0 aromatic carbocycles. The minimum Gasteiger partial charge on any atom is -0.463 e. The summed E-state index contributed by atoms with van der Waals surface area (Å²) < 4.78 is 8.83. The molecule has 2 rings (SSSR count). The Balaban J connectivity index is 2.05. The van der Waals surface area contributed by atoms with E-state index in [1.807, 2.05) is 30.7 Å². The van der Waals surface area contributed by atoms with Gasteiger partial charge in [0.2, 0.25) is 0 Å². The highest BCUT2D eigenvalue weighted by Gasteiger charge is 2.10. The zero-order chi connectivity index (χ0) is 14.0. The molecule has 5 heteroatoms. The lowest BCUT2D eigenvalue weighted by Crippen LogP contribution is -2.21. The van der Waals surface area contributed by atoms with Crippen molar-refractivity contribution in [2.45, 2.75) is 46.8 Å². The molecule has 0 spiro atoms. The summed E-state index contributed by atoms with van der Waals surface area (Å²) in [6.07, 6.45) is 0. The highest BCUT2D eigenvalue weighted by Crippen LogP contribution is 2.21. The van der Waals surface area contributed by atoms with E-state index in [0.29, 0.717) is 12.6 Å². The van der Waals surface area contributed by atoms with E-state index in [9.17, 15) is 0 Å². The second kappa shape index (κ2) is 5.92. The van der Waals surface area contributed by atoms with Crippen LogP contribution in [-0.4, -0.2) is 15.8 Å². The monoisotopic (exact) mass is 325 g/mol. The molecule has 0 aliphatic rings. The van der Waals surface area contributed by atoms with Crippen molar-refractivity contribution >= 4 is 15.9 Å². The summed E-state index contributed by atoms with van der Waals surface area (Å²) in [5, 5.41) is 7.82. The summed E-state index contributed by atoms with van der Waals surface area (Å²) in [6, 6.07) is 4.49. The van der Waals surface area contributed by atoms with Gasteiger partial charge in [-0.1, -0.05) is 13.8 Å². The van der Waals surface area contributed by atoms with Gasteiger partial charge in [-0.15, -0.1) is 0 Å². The molecule has 4 nitrogen and oxygen atoms in total. The van der Waals surface area contributed by atoms with Crippen LogP contribution in [0.4, 0.5) is 0 Å². The van der Waals surface area contributed by atoms with Gasteiger partial charge in [-0.25, -0.2) is 0 Å². The van der Waals surface area contributed by atoms with Gasteiger partial charge in [0.05, 0.1) is 29.0 Å². The number of furan rings is 1. The van der Waals surface area contributed by atoms with Crippen LogP contribution in [-0.2, 0) is 13.1 Å². The van der Waals surface area contributed by atoms with Gasteiger partial charge in [0.1, 0.15) is 11.5 Å². The van der Waals surface area contributed by atoms with Gasteiger partial charge in [0.15, 0.2) is 0 Å². The van der Waals surface area contributed by atoms with Gasteiger partial charge < -0.3 is 9.73 Å². The second-order valence-corrected chi connectivity index (χ2v) is 5.84. The lowest BCUT2D eigenvalue weighted by molar-refractivity contribution is 0.419. The number of hydrogen-bond donors (Lipinski definition) is 1. The Morgan fingerprint density at radius 2 is 2.00 bits per heavy atom. The molecule has 0 amide bonds. The molecule has 1 N–H and O–H groups in total. The number of rotatable bonds is 5. The maximum absolute atomic E-state index is 5.80. The summed E-state index contributed by atoms with van der Waals surface area (Å²) in [5.74, 6) is 1.89. The van der Waals surface area contributed by atoms with Crippen molar-refractivity contribution < 1.29 is 4.42 Å². The molecule has 0 radical (unpaired) electrons. The topological polar surface area (TPSA) is 43.0 Å². The normalized spacial score (nSPS) is 11.5. The summed E-state index contributed by atoms with van der Waals surface area (Å²) in [4.78, 5) is 0. The van der Waals surface area contributed by atoms with Crippen LogP contribution in [0, 0.1) is 13.8 Å². The number of halogens is 1. The van der Waals surface area contributed by atoms with Crippen molar-refractivity contribution in [3.8, 4) is 0 Å². The first-order valence-corrected chi connectivity index (χ1v) is 7.27. The van der Waals surface area contributed by atoms with Crippen molar-refractivity contribution in [2.24, 2.45) is 0 Å². The molecule has 0 saturated carbocycles. The van der Waals surface area contributed by atoms with Crippen molar-refractivity contribution in [1.82, 2.24) is 15.1 Å². The van der Waals surface area contributed by atoms with Crippen LogP contribution in [0.3, 0.4) is 0 Å². The zero-order valence-corrected chi connectivity index (χ0v) is 13.4. The lowest BCUT2D eigenvalue weighted by atomic mass is 10.3. The van der Waals surface area contributed by atoms with E-state index in [0.717, 1.165) is 33.9 Å². The van der Waals surface area contributed by atoms with Gasteiger partial charge in [-0.2, -0.15) is 5.10 Å². The summed E-state index contributed by atoms with van der Waals surface area (Å²) >= 11 is 3.54. The van der Waals surface area contributed by atoms with Gasteiger partial charge in [-0.3, -0.25) is 4.68 Å². The zero-order valence-electron chi connectivity index (χ0n) is 11.8. The third-order valence-electron chi connectivity index (χ3n) is 3.00. The first-order valence-electron chi connectivity index (χ1n) is 6.48. The van der Waals surface area contributed by atoms with Crippen LogP contribution in [0.25, 0.3) is 0 Å². The average Bonchev–Trinajstić information content (AvgIpc) is 2.89. The number of aryl methyl sites for hydroxylation is 1. The van der Waals surface area contributed by atoms with Crippen LogP contribution in [0.1, 0.15) is 36.8 Å². The maximum atomic E-state index is 5.80. The van der Waals surface area contributed by atoms with Crippen molar-refractivity contribution in [3.05, 3.63) is 39.5 Å². The Morgan fingerprint density at radius 1 is 1.32 bits per heavy atom. The van der Waals surface area contributed by atoms with E-state index in [1.54, 1.807) is 0 Å². The number of aromatic nitrogens is 2. The molecule has 0 bridgehead atoms. The average molecular weight is 326 g/mol.